The Morgan fingerprint density at radius 2 is 1.55 bits per heavy atom. The normalized spacial score (nSPS) is 14.3. The average molecular weight is 393 g/mol. The van der Waals surface area contributed by atoms with E-state index in [0.29, 0.717) is 0 Å². The van der Waals surface area contributed by atoms with E-state index in [-0.39, 0.29) is 0 Å². The molecule has 3 heterocycles. The minimum atomic E-state index is 0.762. The number of rotatable bonds is 5. The molecule has 2 aromatic heterocycles. The number of methoxy groups -OCH3 is 2. The molecule has 7 nitrogen and oxygen atoms in total. The van der Waals surface area contributed by atoms with E-state index in [4.69, 9.17) is 14.5 Å². The minimum absolute atomic E-state index is 0.762. The van der Waals surface area contributed by atoms with Gasteiger partial charge in [-0.1, -0.05) is 6.92 Å². The van der Waals surface area contributed by atoms with Crippen LogP contribution in [-0.2, 0) is 6.42 Å². The van der Waals surface area contributed by atoms with Gasteiger partial charge in [0.15, 0.2) is 0 Å². The second kappa shape index (κ2) is 8.11. The molecular weight excluding hydrogens is 366 g/mol. The highest BCUT2D eigenvalue weighted by Gasteiger charge is 2.21. The molecule has 4 rings (SSSR count). The van der Waals surface area contributed by atoms with Crippen LogP contribution in [0.3, 0.4) is 0 Å². The maximum atomic E-state index is 5.56. The van der Waals surface area contributed by atoms with E-state index in [9.17, 15) is 0 Å². The fourth-order valence-corrected chi connectivity index (χ4v) is 3.87. The molecule has 0 atom stereocenters. The van der Waals surface area contributed by atoms with Gasteiger partial charge in [0.25, 0.3) is 0 Å². The van der Waals surface area contributed by atoms with Crippen LogP contribution < -0.4 is 19.3 Å². The van der Waals surface area contributed by atoms with E-state index in [1.165, 1.54) is 0 Å². The summed E-state index contributed by atoms with van der Waals surface area (Å²) in [5.74, 6) is 3.55. The summed E-state index contributed by atoms with van der Waals surface area (Å²) in [5, 5.41) is 1.00. The predicted molar refractivity (Wildman–Crippen MR) is 115 cm³/mol. The van der Waals surface area contributed by atoms with Crippen molar-refractivity contribution in [3.8, 4) is 11.5 Å². The second-order valence-corrected chi connectivity index (χ2v) is 7.19. The van der Waals surface area contributed by atoms with Crippen molar-refractivity contribution in [3.63, 3.8) is 0 Å². The van der Waals surface area contributed by atoms with Gasteiger partial charge in [0, 0.05) is 43.3 Å². The lowest BCUT2D eigenvalue weighted by Crippen LogP contribution is -2.47. The molecule has 0 radical (unpaired) electrons. The fraction of sp³-hybridized carbons (Fsp3) is 0.409. The summed E-state index contributed by atoms with van der Waals surface area (Å²) in [5.41, 5.74) is 3.05. The van der Waals surface area contributed by atoms with Crippen molar-refractivity contribution in [2.45, 2.75) is 20.3 Å². The zero-order valence-electron chi connectivity index (χ0n) is 17.5. The number of hydrogen-bond acceptors (Lipinski definition) is 7. The third-order valence-electron chi connectivity index (χ3n) is 5.51. The molecule has 1 fully saturated rings. The van der Waals surface area contributed by atoms with Crippen molar-refractivity contribution in [1.29, 1.82) is 0 Å². The molecule has 0 spiro atoms. The third-order valence-corrected chi connectivity index (χ3v) is 5.51. The molecule has 0 aliphatic carbocycles. The first-order chi connectivity index (χ1) is 14.1. The van der Waals surface area contributed by atoms with Gasteiger partial charge >= 0.3 is 0 Å². The van der Waals surface area contributed by atoms with Gasteiger partial charge < -0.3 is 19.3 Å². The van der Waals surface area contributed by atoms with E-state index in [2.05, 4.69) is 45.7 Å². The Kier molecular flexibility index (Phi) is 5.38. The zero-order valence-corrected chi connectivity index (χ0v) is 17.5. The molecule has 0 N–H and O–H groups in total. The van der Waals surface area contributed by atoms with Crippen LogP contribution in [0.15, 0.2) is 30.6 Å². The molecule has 0 saturated carbocycles. The number of benzene rings is 1. The quantitative estimate of drug-likeness (QED) is 0.659. The second-order valence-electron chi connectivity index (χ2n) is 7.19. The van der Waals surface area contributed by atoms with Gasteiger partial charge in [-0.3, -0.25) is 0 Å². The van der Waals surface area contributed by atoms with E-state index in [1.807, 2.05) is 12.1 Å². The minimum Gasteiger partial charge on any atom is -0.496 e. The van der Waals surface area contributed by atoms with Gasteiger partial charge in [-0.25, -0.2) is 15.0 Å². The van der Waals surface area contributed by atoms with E-state index >= 15 is 0 Å². The highest BCUT2D eigenvalue weighted by atomic mass is 16.5. The van der Waals surface area contributed by atoms with Crippen LogP contribution in [0.25, 0.3) is 10.9 Å². The average Bonchev–Trinajstić information content (AvgIpc) is 2.78. The summed E-state index contributed by atoms with van der Waals surface area (Å²) in [7, 11) is 3.36. The third kappa shape index (κ3) is 3.64. The van der Waals surface area contributed by atoms with Gasteiger partial charge in [-0.05, 0) is 37.1 Å². The summed E-state index contributed by atoms with van der Waals surface area (Å²) in [4.78, 5) is 18.3. The van der Waals surface area contributed by atoms with Crippen molar-refractivity contribution in [3.05, 3.63) is 41.9 Å². The maximum absolute atomic E-state index is 5.56. The Morgan fingerprint density at radius 3 is 2.21 bits per heavy atom. The summed E-state index contributed by atoms with van der Waals surface area (Å²) in [6, 6.07) is 8.07. The molecular formula is C22H27N5O2. The van der Waals surface area contributed by atoms with Crippen LogP contribution >= 0.6 is 0 Å². The Labute approximate surface area is 171 Å². The lowest BCUT2D eigenvalue weighted by molar-refractivity contribution is 0.409. The standard InChI is InChI=1S/C22H27N5O2/c1-5-16-13-19(24-14-23-16)26-8-10-27(11-9-26)20-12-15(2)21-17(28-3)6-7-18(29-4)22(21)25-20/h6-7,12-14H,5,8-11H2,1-4H3. The predicted octanol–water partition coefficient (Wildman–Crippen LogP) is 3.24. The Bertz CT molecular complexity index is 1020. The van der Waals surface area contributed by atoms with Gasteiger partial charge in [0.05, 0.1) is 14.2 Å². The lowest BCUT2D eigenvalue weighted by Gasteiger charge is -2.36. The topological polar surface area (TPSA) is 63.6 Å². The van der Waals surface area contributed by atoms with Crippen molar-refractivity contribution < 1.29 is 9.47 Å². The first kappa shape index (κ1) is 19.2. The number of anilines is 2. The lowest BCUT2D eigenvalue weighted by atomic mass is 10.1. The first-order valence-corrected chi connectivity index (χ1v) is 9.97. The van der Waals surface area contributed by atoms with Gasteiger partial charge in [-0.15, -0.1) is 0 Å². The number of fused-ring (bicyclic) bond motifs is 1. The zero-order chi connectivity index (χ0) is 20.4. The van der Waals surface area contributed by atoms with Crippen LogP contribution in [0, 0.1) is 6.92 Å². The number of pyridine rings is 1. The van der Waals surface area contributed by atoms with E-state index < -0.39 is 0 Å². The summed E-state index contributed by atoms with van der Waals surface area (Å²) < 4.78 is 11.1. The molecule has 29 heavy (non-hydrogen) atoms. The van der Waals surface area contributed by atoms with Crippen LogP contribution in [0.5, 0.6) is 11.5 Å². The molecule has 1 aromatic carbocycles. The highest BCUT2D eigenvalue weighted by Crippen LogP contribution is 2.36. The molecule has 7 heteroatoms. The first-order valence-electron chi connectivity index (χ1n) is 9.97. The number of aromatic nitrogens is 3. The number of nitrogens with zero attached hydrogens (tertiary/aromatic N) is 5. The van der Waals surface area contributed by atoms with E-state index in [0.717, 1.165) is 77.9 Å². The Balaban J connectivity index is 1.60. The smallest absolute Gasteiger partial charge is 0.145 e. The number of piperazine rings is 1. The summed E-state index contributed by atoms with van der Waals surface area (Å²) >= 11 is 0. The molecule has 0 unspecified atom stereocenters. The largest absolute Gasteiger partial charge is 0.496 e. The summed E-state index contributed by atoms with van der Waals surface area (Å²) in [6.07, 6.45) is 2.58. The van der Waals surface area contributed by atoms with Gasteiger partial charge in [0.2, 0.25) is 0 Å². The van der Waals surface area contributed by atoms with Crippen molar-refractivity contribution in [2.24, 2.45) is 0 Å². The fourth-order valence-electron chi connectivity index (χ4n) is 3.87. The SMILES string of the molecule is CCc1cc(N2CCN(c3cc(C)c4c(OC)ccc(OC)c4n3)CC2)ncn1. The molecule has 1 aliphatic rings. The van der Waals surface area contributed by atoms with Gasteiger partial charge in [-0.2, -0.15) is 0 Å². The van der Waals surface area contributed by atoms with Crippen LogP contribution in [-0.4, -0.2) is 55.4 Å². The number of ether oxygens (including phenoxy) is 2. The maximum Gasteiger partial charge on any atom is 0.145 e. The molecule has 152 valence electrons. The highest BCUT2D eigenvalue weighted by molar-refractivity contribution is 5.94. The molecule has 0 bridgehead atoms. The van der Waals surface area contributed by atoms with E-state index in [1.54, 1.807) is 20.5 Å². The molecule has 1 saturated heterocycles. The van der Waals surface area contributed by atoms with Crippen LogP contribution in [0.2, 0.25) is 0 Å². The van der Waals surface area contributed by atoms with Gasteiger partial charge in [0.1, 0.15) is 35.0 Å². The van der Waals surface area contributed by atoms with Crippen LogP contribution in [0.1, 0.15) is 18.2 Å². The number of hydrogen-bond donors (Lipinski definition) is 0. The van der Waals surface area contributed by atoms with Crippen molar-refractivity contribution in [2.75, 3.05) is 50.2 Å². The Morgan fingerprint density at radius 1 is 0.897 bits per heavy atom. The van der Waals surface area contributed by atoms with Crippen molar-refractivity contribution in [1.82, 2.24) is 15.0 Å². The van der Waals surface area contributed by atoms with Crippen molar-refractivity contribution >= 4 is 22.5 Å². The molecule has 1 aliphatic heterocycles. The van der Waals surface area contributed by atoms with Crippen LogP contribution in [0.4, 0.5) is 11.6 Å². The summed E-state index contributed by atoms with van der Waals surface area (Å²) in [6.45, 7) is 7.77. The molecule has 0 amide bonds. The molecule has 3 aromatic rings. The Hall–Kier alpha value is -3.09. The number of aryl methyl sites for hydroxylation is 2. The monoisotopic (exact) mass is 393 g/mol.